The molecule has 0 unspecified atom stereocenters. The Kier molecular flexibility index (Phi) is 6.30. The molecule has 4 rings (SSSR count). The van der Waals surface area contributed by atoms with E-state index < -0.39 is 28.9 Å². The molecule has 3 N–H and O–H groups in total. The van der Waals surface area contributed by atoms with Crippen molar-refractivity contribution in [3.8, 4) is 11.4 Å². The number of alkyl halides is 3. The molecule has 1 atom stereocenters. The number of amides is 2. The number of carbonyl (C=O) groups is 2. The Balaban J connectivity index is 1.61. The zero-order valence-corrected chi connectivity index (χ0v) is 18.8. The topological polar surface area (TPSA) is 113 Å². The first-order chi connectivity index (χ1) is 16.5. The molecule has 0 radical (unpaired) electrons. The lowest BCUT2D eigenvalue weighted by Crippen LogP contribution is -2.32. The van der Waals surface area contributed by atoms with Gasteiger partial charge in [0.1, 0.15) is 5.82 Å². The number of anilines is 1. The van der Waals surface area contributed by atoms with Crippen LogP contribution in [0.1, 0.15) is 54.6 Å². The van der Waals surface area contributed by atoms with Gasteiger partial charge in [0.2, 0.25) is 5.91 Å². The number of rotatable bonds is 7. The maximum atomic E-state index is 14.6. The normalized spacial score (nSPS) is 15.4. The first kappa shape index (κ1) is 24.3. The average molecular weight is 490 g/mol. The van der Waals surface area contributed by atoms with Gasteiger partial charge in [0, 0.05) is 22.9 Å². The van der Waals surface area contributed by atoms with Gasteiger partial charge in [0.05, 0.1) is 16.5 Å². The molecule has 0 aliphatic heterocycles. The summed E-state index contributed by atoms with van der Waals surface area (Å²) in [5.74, 6) is -1.80. The van der Waals surface area contributed by atoms with Crippen LogP contribution in [0.5, 0.6) is 0 Å². The maximum absolute atomic E-state index is 14.6. The summed E-state index contributed by atoms with van der Waals surface area (Å²) >= 11 is 0. The van der Waals surface area contributed by atoms with E-state index in [1.54, 1.807) is 0 Å². The number of benzene rings is 2. The highest BCUT2D eigenvalue weighted by molar-refractivity contribution is 6.04. The fourth-order valence-electron chi connectivity index (χ4n) is 3.77. The fourth-order valence-corrected chi connectivity index (χ4v) is 3.77. The Labute approximate surface area is 197 Å². The summed E-state index contributed by atoms with van der Waals surface area (Å²) in [6, 6.07) is 6.63. The minimum absolute atomic E-state index is 0.0732. The van der Waals surface area contributed by atoms with Gasteiger partial charge in [-0.15, -0.1) is 5.10 Å². The van der Waals surface area contributed by atoms with Gasteiger partial charge in [-0.05, 0) is 66.9 Å². The molecule has 3 aromatic rings. The zero-order valence-electron chi connectivity index (χ0n) is 18.8. The first-order valence-electron chi connectivity index (χ1n) is 10.9. The van der Waals surface area contributed by atoms with Crippen molar-refractivity contribution in [2.75, 3.05) is 5.32 Å². The molecule has 1 saturated carbocycles. The van der Waals surface area contributed by atoms with Crippen LogP contribution in [0.3, 0.4) is 0 Å². The van der Waals surface area contributed by atoms with Gasteiger partial charge in [0.15, 0.2) is 5.82 Å². The number of aromatic amines is 1. The number of halogens is 4. The molecule has 1 aliphatic carbocycles. The van der Waals surface area contributed by atoms with Crippen molar-refractivity contribution in [2.24, 2.45) is 0 Å². The van der Waals surface area contributed by atoms with Crippen LogP contribution in [0.2, 0.25) is 0 Å². The molecule has 8 nitrogen and oxygen atoms in total. The monoisotopic (exact) mass is 490 g/mol. The number of hydrogen-bond acceptors (Lipinski definition) is 5. The molecule has 1 aromatic heterocycles. The number of carbonyl (C=O) groups excluding carboxylic acids is 2. The van der Waals surface area contributed by atoms with Gasteiger partial charge in [-0.2, -0.15) is 13.2 Å². The third kappa shape index (κ3) is 4.86. The van der Waals surface area contributed by atoms with Gasteiger partial charge in [-0.1, -0.05) is 13.0 Å². The zero-order chi connectivity index (χ0) is 25.4. The maximum Gasteiger partial charge on any atom is 0.416 e. The first-order valence-corrected chi connectivity index (χ1v) is 10.9. The molecule has 12 heteroatoms. The van der Waals surface area contributed by atoms with E-state index in [1.165, 1.54) is 18.2 Å². The second kappa shape index (κ2) is 9.08. The van der Waals surface area contributed by atoms with Crippen molar-refractivity contribution >= 4 is 17.5 Å². The molecule has 1 aliphatic rings. The number of nitrogens with zero attached hydrogens (tertiary/aromatic N) is 3. The highest BCUT2D eigenvalue weighted by Crippen LogP contribution is 2.50. The van der Waals surface area contributed by atoms with Crippen LogP contribution in [0, 0.1) is 5.82 Å². The van der Waals surface area contributed by atoms with Crippen LogP contribution in [-0.4, -0.2) is 38.5 Å². The van der Waals surface area contributed by atoms with Gasteiger partial charge in [-0.25, -0.2) is 9.49 Å². The SMILES string of the molecule is CC[C@@H](C)NC(=O)c1ccc(NC(=O)C2(c3ccc(C(F)(F)F)cc3F)CC2)cc1-c1nnn[nH]1. The predicted octanol–water partition coefficient (Wildman–Crippen LogP) is 4.22. The second-order valence-electron chi connectivity index (χ2n) is 8.52. The molecule has 0 bridgehead atoms. The van der Waals surface area contributed by atoms with E-state index in [1.807, 2.05) is 13.8 Å². The number of aromatic nitrogens is 4. The number of H-pyrrole nitrogens is 1. The van der Waals surface area contributed by atoms with Crippen LogP contribution >= 0.6 is 0 Å². The predicted molar refractivity (Wildman–Crippen MR) is 118 cm³/mol. The lowest BCUT2D eigenvalue weighted by atomic mass is 9.93. The second-order valence-corrected chi connectivity index (χ2v) is 8.52. The third-order valence-corrected chi connectivity index (χ3v) is 6.11. The highest BCUT2D eigenvalue weighted by atomic mass is 19.4. The number of nitrogens with one attached hydrogen (secondary N) is 3. The smallest absolute Gasteiger partial charge is 0.350 e. The molecular weight excluding hydrogens is 468 g/mol. The van der Waals surface area contributed by atoms with E-state index in [9.17, 15) is 27.2 Å². The molecular formula is C23H22F4N6O2. The quantitative estimate of drug-likeness (QED) is 0.429. The lowest BCUT2D eigenvalue weighted by molar-refractivity contribution is -0.137. The standard InChI is InChI=1S/C23H22F4N6O2/c1-3-12(2)28-20(34)15-6-5-14(11-16(15)19-30-32-33-31-19)29-21(35)22(8-9-22)17-7-4-13(10-18(17)24)23(25,26)27/h4-7,10-12H,3,8-9H2,1-2H3,(H,28,34)(H,29,35)(H,30,31,32,33)/t12-/m1/s1. The van der Waals surface area contributed by atoms with E-state index in [-0.39, 0.29) is 41.7 Å². The van der Waals surface area contributed by atoms with E-state index in [2.05, 4.69) is 31.3 Å². The molecule has 0 saturated heterocycles. The molecule has 1 fully saturated rings. The number of tetrazole rings is 1. The van der Waals surface area contributed by atoms with Gasteiger partial charge >= 0.3 is 6.18 Å². The van der Waals surface area contributed by atoms with Gasteiger partial charge in [0.25, 0.3) is 5.91 Å². The van der Waals surface area contributed by atoms with Crippen molar-refractivity contribution in [2.45, 2.75) is 50.7 Å². The van der Waals surface area contributed by atoms with Crippen LogP contribution in [-0.2, 0) is 16.4 Å². The Morgan fingerprint density at radius 2 is 1.91 bits per heavy atom. The summed E-state index contributed by atoms with van der Waals surface area (Å²) in [7, 11) is 0. The van der Waals surface area contributed by atoms with Crippen LogP contribution in [0.4, 0.5) is 23.2 Å². The van der Waals surface area contributed by atoms with Crippen molar-refractivity contribution in [3.05, 3.63) is 58.9 Å². The fraction of sp³-hybridized carbons (Fsp3) is 0.348. The Morgan fingerprint density at radius 3 is 2.49 bits per heavy atom. The largest absolute Gasteiger partial charge is 0.416 e. The van der Waals surface area contributed by atoms with Crippen molar-refractivity contribution in [1.82, 2.24) is 25.9 Å². The summed E-state index contributed by atoms with van der Waals surface area (Å²) in [5, 5.41) is 19.0. The van der Waals surface area contributed by atoms with Crippen molar-refractivity contribution in [3.63, 3.8) is 0 Å². The summed E-state index contributed by atoms with van der Waals surface area (Å²) in [4.78, 5) is 25.9. The van der Waals surface area contributed by atoms with E-state index in [0.717, 1.165) is 18.6 Å². The minimum Gasteiger partial charge on any atom is -0.350 e. The number of hydrogen-bond donors (Lipinski definition) is 3. The molecule has 2 aromatic carbocycles. The van der Waals surface area contributed by atoms with Crippen LogP contribution in [0.15, 0.2) is 36.4 Å². The van der Waals surface area contributed by atoms with E-state index >= 15 is 0 Å². The molecule has 184 valence electrons. The van der Waals surface area contributed by atoms with Crippen molar-refractivity contribution < 1.29 is 27.2 Å². The molecule has 1 heterocycles. The van der Waals surface area contributed by atoms with Crippen LogP contribution < -0.4 is 10.6 Å². The van der Waals surface area contributed by atoms with Gasteiger partial charge in [-0.3, -0.25) is 9.59 Å². The third-order valence-electron chi connectivity index (χ3n) is 6.11. The summed E-state index contributed by atoms with van der Waals surface area (Å²) in [6.45, 7) is 3.79. The summed E-state index contributed by atoms with van der Waals surface area (Å²) in [6.07, 6.45) is -3.39. The van der Waals surface area contributed by atoms with Crippen molar-refractivity contribution in [1.29, 1.82) is 0 Å². The Morgan fingerprint density at radius 1 is 1.17 bits per heavy atom. The molecule has 0 spiro atoms. The van der Waals surface area contributed by atoms with E-state index in [0.29, 0.717) is 17.3 Å². The van der Waals surface area contributed by atoms with Gasteiger partial charge < -0.3 is 10.6 Å². The molecule has 35 heavy (non-hydrogen) atoms. The Hall–Kier alpha value is -3.83. The minimum atomic E-state index is -4.69. The lowest BCUT2D eigenvalue weighted by Gasteiger charge is -2.19. The Bertz CT molecular complexity index is 1260. The summed E-state index contributed by atoms with van der Waals surface area (Å²) in [5.41, 5.74) is -1.58. The molecule has 2 amide bonds. The van der Waals surface area contributed by atoms with E-state index in [4.69, 9.17) is 0 Å². The average Bonchev–Trinajstić information content (AvgIpc) is 3.43. The van der Waals surface area contributed by atoms with Crippen LogP contribution in [0.25, 0.3) is 11.4 Å². The summed E-state index contributed by atoms with van der Waals surface area (Å²) < 4.78 is 53.3. The highest BCUT2D eigenvalue weighted by Gasteiger charge is 2.53.